The number of nitrogens with one attached hydrogen (secondary N) is 1. The van der Waals surface area contributed by atoms with Crippen LogP contribution in [0.1, 0.15) is 44.7 Å². The van der Waals surface area contributed by atoms with Crippen LogP contribution in [0, 0.1) is 6.92 Å². The summed E-state index contributed by atoms with van der Waals surface area (Å²) in [6, 6.07) is 6.36. The summed E-state index contributed by atoms with van der Waals surface area (Å²) in [6.45, 7) is 11.9. The smallest absolute Gasteiger partial charge is 0.122 e. The first-order valence-corrected chi connectivity index (χ1v) is 6.23. The van der Waals surface area contributed by atoms with Crippen molar-refractivity contribution in [1.82, 2.24) is 5.32 Å². The van der Waals surface area contributed by atoms with Gasteiger partial charge in [0.25, 0.3) is 0 Å². The highest BCUT2D eigenvalue weighted by Gasteiger charge is 2.15. The molecule has 0 amide bonds. The third kappa shape index (κ3) is 4.39. The van der Waals surface area contributed by atoms with Crippen molar-refractivity contribution in [2.75, 3.05) is 13.7 Å². The molecule has 0 aliphatic carbocycles. The largest absolute Gasteiger partial charge is 0.496 e. The number of hydrogen-bond acceptors (Lipinski definition) is 2. The molecular weight excluding hydrogens is 210 g/mol. The zero-order valence-corrected chi connectivity index (χ0v) is 11.9. The van der Waals surface area contributed by atoms with Crippen LogP contribution in [0.3, 0.4) is 0 Å². The van der Waals surface area contributed by atoms with Gasteiger partial charge in [-0.15, -0.1) is 0 Å². The Hall–Kier alpha value is -1.02. The van der Waals surface area contributed by atoms with Crippen molar-refractivity contribution in [2.24, 2.45) is 0 Å². The first-order chi connectivity index (χ1) is 7.83. The average molecular weight is 235 g/mol. The third-order valence-corrected chi connectivity index (χ3v) is 2.85. The molecule has 0 bridgehead atoms. The maximum absolute atomic E-state index is 5.43. The highest BCUT2D eigenvalue weighted by Crippen LogP contribution is 2.27. The second kappa shape index (κ2) is 5.54. The summed E-state index contributed by atoms with van der Waals surface area (Å²) in [4.78, 5) is 0. The monoisotopic (exact) mass is 235 g/mol. The Kier molecular flexibility index (Phi) is 4.58. The predicted octanol–water partition coefficient (Wildman–Crippen LogP) is 3.50. The molecule has 0 spiro atoms. The molecule has 0 aliphatic rings. The Morgan fingerprint density at radius 1 is 1.29 bits per heavy atom. The lowest BCUT2D eigenvalue weighted by Crippen LogP contribution is -2.38. The van der Waals surface area contributed by atoms with E-state index < -0.39 is 0 Å². The van der Waals surface area contributed by atoms with Crippen LogP contribution in [0.5, 0.6) is 5.75 Å². The molecule has 0 saturated carbocycles. The minimum atomic E-state index is 0.158. The Morgan fingerprint density at radius 3 is 2.47 bits per heavy atom. The van der Waals surface area contributed by atoms with Gasteiger partial charge in [-0.05, 0) is 45.2 Å². The fourth-order valence-corrected chi connectivity index (χ4v) is 1.81. The standard InChI is InChI=1S/C15H25NO/c1-11-7-8-14(17-6)13(9-11)12(2)10-16-15(3,4)5/h7-9,12,16H,10H2,1-6H3. The fraction of sp³-hybridized carbons (Fsp3) is 0.600. The molecule has 1 atom stereocenters. The molecule has 0 fully saturated rings. The van der Waals surface area contributed by atoms with Crippen molar-refractivity contribution >= 4 is 0 Å². The molecule has 0 aromatic heterocycles. The molecule has 0 saturated heterocycles. The number of methoxy groups -OCH3 is 1. The fourth-order valence-electron chi connectivity index (χ4n) is 1.81. The van der Waals surface area contributed by atoms with Crippen LogP contribution in [0.2, 0.25) is 0 Å². The van der Waals surface area contributed by atoms with Gasteiger partial charge in [0.15, 0.2) is 0 Å². The van der Waals surface area contributed by atoms with Crippen LogP contribution in [-0.2, 0) is 0 Å². The lowest BCUT2D eigenvalue weighted by molar-refractivity contribution is 0.390. The zero-order valence-electron chi connectivity index (χ0n) is 11.9. The van der Waals surface area contributed by atoms with E-state index in [4.69, 9.17) is 4.74 Å². The maximum atomic E-state index is 5.43. The van der Waals surface area contributed by atoms with Crippen LogP contribution in [-0.4, -0.2) is 19.2 Å². The van der Waals surface area contributed by atoms with Gasteiger partial charge in [0.1, 0.15) is 5.75 Å². The van der Waals surface area contributed by atoms with Gasteiger partial charge < -0.3 is 10.1 Å². The molecule has 1 aromatic rings. The average Bonchev–Trinajstić information content (AvgIpc) is 2.25. The lowest BCUT2D eigenvalue weighted by Gasteiger charge is -2.24. The summed E-state index contributed by atoms with van der Waals surface area (Å²) < 4.78 is 5.43. The lowest BCUT2D eigenvalue weighted by atomic mass is 9.97. The first kappa shape index (κ1) is 14.0. The van der Waals surface area contributed by atoms with E-state index in [1.807, 2.05) is 0 Å². The number of aryl methyl sites for hydroxylation is 1. The van der Waals surface area contributed by atoms with Crippen molar-refractivity contribution in [3.8, 4) is 5.75 Å². The van der Waals surface area contributed by atoms with Crippen LogP contribution in [0.15, 0.2) is 18.2 Å². The van der Waals surface area contributed by atoms with Crippen molar-refractivity contribution in [3.05, 3.63) is 29.3 Å². The second-order valence-electron chi connectivity index (χ2n) is 5.78. The van der Waals surface area contributed by atoms with E-state index in [2.05, 4.69) is 58.1 Å². The third-order valence-electron chi connectivity index (χ3n) is 2.85. The van der Waals surface area contributed by atoms with E-state index in [1.165, 1.54) is 11.1 Å². The number of hydrogen-bond donors (Lipinski definition) is 1. The summed E-state index contributed by atoms with van der Waals surface area (Å²) >= 11 is 0. The summed E-state index contributed by atoms with van der Waals surface area (Å²) in [5.41, 5.74) is 2.72. The van der Waals surface area contributed by atoms with Gasteiger partial charge in [-0.2, -0.15) is 0 Å². The SMILES string of the molecule is COc1ccc(C)cc1C(C)CNC(C)(C)C. The van der Waals surface area contributed by atoms with Gasteiger partial charge in [0, 0.05) is 12.1 Å². The molecule has 1 rings (SSSR count). The molecule has 0 heterocycles. The van der Waals surface area contributed by atoms with Gasteiger partial charge in [-0.1, -0.05) is 24.6 Å². The van der Waals surface area contributed by atoms with E-state index >= 15 is 0 Å². The Labute approximate surface area is 105 Å². The molecule has 1 aromatic carbocycles. The van der Waals surface area contributed by atoms with Crippen LogP contribution in [0.4, 0.5) is 0 Å². The summed E-state index contributed by atoms with van der Waals surface area (Å²) in [7, 11) is 1.73. The Morgan fingerprint density at radius 2 is 1.94 bits per heavy atom. The predicted molar refractivity (Wildman–Crippen MR) is 73.9 cm³/mol. The topological polar surface area (TPSA) is 21.3 Å². The van der Waals surface area contributed by atoms with Gasteiger partial charge in [-0.25, -0.2) is 0 Å². The van der Waals surface area contributed by atoms with Crippen molar-refractivity contribution in [3.63, 3.8) is 0 Å². The molecule has 0 radical (unpaired) electrons. The van der Waals surface area contributed by atoms with E-state index in [-0.39, 0.29) is 5.54 Å². The maximum Gasteiger partial charge on any atom is 0.122 e. The minimum Gasteiger partial charge on any atom is -0.496 e. The number of benzene rings is 1. The Bertz CT molecular complexity index is 366. The molecule has 96 valence electrons. The number of ether oxygens (including phenoxy) is 1. The zero-order chi connectivity index (χ0) is 13.1. The quantitative estimate of drug-likeness (QED) is 0.862. The van der Waals surface area contributed by atoms with Gasteiger partial charge in [0.2, 0.25) is 0 Å². The molecule has 2 heteroatoms. The molecule has 1 unspecified atom stereocenters. The number of rotatable bonds is 4. The van der Waals surface area contributed by atoms with Crippen molar-refractivity contribution < 1.29 is 4.74 Å². The molecular formula is C15H25NO. The van der Waals surface area contributed by atoms with Crippen LogP contribution < -0.4 is 10.1 Å². The molecule has 17 heavy (non-hydrogen) atoms. The highest BCUT2D eigenvalue weighted by molar-refractivity contribution is 5.39. The highest BCUT2D eigenvalue weighted by atomic mass is 16.5. The molecule has 0 aliphatic heterocycles. The van der Waals surface area contributed by atoms with Gasteiger partial charge in [0.05, 0.1) is 7.11 Å². The minimum absolute atomic E-state index is 0.158. The summed E-state index contributed by atoms with van der Waals surface area (Å²) in [6.07, 6.45) is 0. The second-order valence-corrected chi connectivity index (χ2v) is 5.78. The van der Waals surface area contributed by atoms with Crippen molar-refractivity contribution in [1.29, 1.82) is 0 Å². The Balaban J connectivity index is 2.80. The van der Waals surface area contributed by atoms with Gasteiger partial charge >= 0.3 is 0 Å². The van der Waals surface area contributed by atoms with E-state index in [9.17, 15) is 0 Å². The molecule has 1 N–H and O–H groups in total. The van der Waals surface area contributed by atoms with E-state index in [0.717, 1.165) is 12.3 Å². The normalized spacial score (nSPS) is 13.5. The first-order valence-electron chi connectivity index (χ1n) is 6.23. The van der Waals surface area contributed by atoms with Crippen molar-refractivity contribution in [2.45, 2.75) is 46.1 Å². The molecule has 2 nitrogen and oxygen atoms in total. The summed E-state index contributed by atoms with van der Waals surface area (Å²) in [5.74, 6) is 1.43. The van der Waals surface area contributed by atoms with Crippen LogP contribution >= 0.6 is 0 Å². The van der Waals surface area contributed by atoms with Crippen LogP contribution in [0.25, 0.3) is 0 Å². The summed E-state index contributed by atoms with van der Waals surface area (Å²) in [5, 5.41) is 3.54. The van der Waals surface area contributed by atoms with Gasteiger partial charge in [-0.3, -0.25) is 0 Å². The van der Waals surface area contributed by atoms with E-state index in [1.54, 1.807) is 7.11 Å². The van der Waals surface area contributed by atoms with E-state index in [0.29, 0.717) is 5.92 Å².